The zero-order chi connectivity index (χ0) is 17.5. The quantitative estimate of drug-likeness (QED) is 0.895. The van der Waals surface area contributed by atoms with Crippen molar-refractivity contribution in [2.24, 2.45) is 7.05 Å². The van der Waals surface area contributed by atoms with Crippen LogP contribution >= 0.6 is 0 Å². The Hall–Kier alpha value is -2.06. The summed E-state index contributed by atoms with van der Waals surface area (Å²) in [5.41, 5.74) is 1.80. The van der Waals surface area contributed by atoms with Crippen LogP contribution in [0.3, 0.4) is 0 Å². The molecule has 3 rings (SSSR count). The largest absolute Gasteiger partial charge is 0.350 e. The number of hydrogen-bond donors (Lipinski definition) is 1. The first-order valence-electron chi connectivity index (χ1n) is 7.84. The standard InChI is InChI=1S/C16H22N4O3S/c1-12-11-19(24(3,22)23)9-10-20(12)16(21)17-14-5-4-6-15-13(14)7-8-18(15)2/h4-8,12H,9-11H2,1-3H3,(H,17,21). The van der Waals surface area contributed by atoms with E-state index in [4.69, 9.17) is 0 Å². The minimum absolute atomic E-state index is 0.177. The van der Waals surface area contributed by atoms with Crippen LogP contribution in [-0.2, 0) is 17.1 Å². The van der Waals surface area contributed by atoms with Gasteiger partial charge in [0, 0.05) is 49.8 Å². The Labute approximate surface area is 141 Å². The van der Waals surface area contributed by atoms with Gasteiger partial charge in [-0.25, -0.2) is 13.2 Å². The topological polar surface area (TPSA) is 74.7 Å². The van der Waals surface area contributed by atoms with Gasteiger partial charge >= 0.3 is 6.03 Å². The molecule has 2 aromatic rings. The van der Waals surface area contributed by atoms with Crippen LogP contribution in [0.25, 0.3) is 10.9 Å². The summed E-state index contributed by atoms with van der Waals surface area (Å²) in [6.45, 7) is 2.89. The molecule has 1 aromatic carbocycles. The van der Waals surface area contributed by atoms with Crippen LogP contribution in [-0.4, -0.2) is 60.2 Å². The molecule has 1 aliphatic rings. The summed E-state index contributed by atoms with van der Waals surface area (Å²) < 4.78 is 26.7. The van der Waals surface area contributed by atoms with Crippen molar-refractivity contribution in [3.8, 4) is 0 Å². The van der Waals surface area contributed by atoms with Crippen LogP contribution in [0.1, 0.15) is 6.92 Å². The van der Waals surface area contributed by atoms with E-state index in [1.807, 2.05) is 49.0 Å². The Bertz CT molecular complexity index is 875. The number of sulfonamides is 1. The lowest BCUT2D eigenvalue weighted by molar-refractivity contribution is 0.149. The number of benzene rings is 1. The van der Waals surface area contributed by atoms with E-state index in [9.17, 15) is 13.2 Å². The third kappa shape index (κ3) is 3.11. The summed E-state index contributed by atoms with van der Waals surface area (Å²) in [6.07, 6.45) is 3.15. The van der Waals surface area contributed by atoms with Gasteiger partial charge in [0.2, 0.25) is 10.0 Å². The average molecular weight is 350 g/mol. The molecule has 8 heteroatoms. The van der Waals surface area contributed by atoms with Crippen molar-refractivity contribution in [2.75, 3.05) is 31.2 Å². The van der Waals surface area contributed by atoms with E-state index in [-0.39, 0.29) is 12.1 Å². The van der Waals surface area contributed by atoms with Gasteiger partial charge < -0.3 is 14.8 Å². The molecule has 1 fully saturated rings. The second kappa shape index (κ2) is 6.10. The number of aryl methyl sites for hydroxylation is 1. The number of piperazine rings is 1. The van der Waals surface area contributed by atoms with Crippen molar-refractivity contribution in [1.29, 1.82) is 0 Å². The monoisotopic (exact) mass is 350 g/mol. The number of urea groups is 1. The maximum absolute atomic E-state index is 12.6. The predicted molar refractivity (Wildman–Crippen MR) is 94.5 cm³/mol. The van der Waals surface area contributed by atoms with Crippen molar-refractivity contribution in [2.45, 2.75) is 13.0 Å². The summed E-state index contributed by atoms with van der Waals surface area (Å²) in [5.74, 6) is 0. The Kier molecular flexibility index (Phi) is 4.27. The summed E-state index contributed by atoms with van der Waals surface area (Å²) in [7, 11) is -1.26. The summed E-state index contributed by atoms with van der Waals surface area (Å²) in [4.78, 5) is 14.3. The smallest absolute Gasteiger partial charge is 0.322 e. The summed E-state index contributed by atoms with van der Waals surface area (Å²) in [6, 6.07) is 7.37. The molecule has 0 aliphatic carbocycles. The van der Waals surface area contributed by atoms with Gasteiger partial charge in [0.05, 0.1) is 11.9 Å². The van der Waals surface area contributed by atoms with E-state index >= 15 is 0 Å². The number of aromatic nitrogens is 1. The SMILES string of the molecule is CC1CN(S(C)(=O)=O)CCN1C(=O)Nc1cccc2c1ccn2C. The highest BCUT2D eigenvalue weighted by atomic mass is 32.2. The zero-order valence-corrected chi connectivity index (χ0v) is 14.9. The number of amides is 2. The van der Waals surface area contributed by atoms with Gasteiger partial charge in [-0.1, -0.05) is 6.07 Å². The normalized spacial score (nSPS) is 19.6. The molecular weight excluding hydrogens is 328 g/mol. The number of carbonyl (C=O) groups excluding carboxylic acids is 1. The molecule has 1 atom stereocenters. The Balaban J connectivity index is 1.75. The molecule has 7 nitrogen and oxygen atoms in total. The molecule has 2 heterocycles. The molecule has 24 heavy (non-hydrogen) atoms. The van der Waals surface area contributed by atoms with E-state index in [0.29, 0.717) is 19.6 Å². The zero-order valence-electron chi connectivity index (χ0n) is 14.1. The predicted octanol–water partition coefficient (Wildman–Crippen LogP) is 1.68. The molecule has 0 radical (unpaired) electrons. The molecule has 0 spiro atoms. The van der Waals surface area contributed by atoms with E-state index in [0.717, 1.165) is 16.6 Å². The van der Waals surface area contributed by atoms with E-state index in [1.165, 1.54) is 10.6 Å². The van der Waals surface area contributed by atoms with Crippen molar-refractivity contribution < 1.29 is 13.2 Å². The molecule has 1 saturated heterocycles. The molecule has 1 N–H and O–H groups in total. The number of fused-ring (bicyclic) bond motifs is 1. The van der Waals surface area contributed by atoms with Crippen LogP contribution in [0, 0.1) is 0 Å². The molecule has 0 saturated carbocycles. The van der Waals surface area contributed by atoms with Crippen LogP contribution in [0.2, 0.25) is 0 Å². The highest BCUT2D eigenvalue weighted by Gasteiger charge is 2.31. The van der Waals surface area contributed by atoms with E-state index < -0.39 is 10.0 Å². The first-order chi connectivity index (χ1) is 11.3. The van der Waals surface area contributed by atoms with Gasteiger partial charge in [-0.3, -0.25) is 0 Å². The maximum atomic E-state index is 12.6. The van der Waals surface area contributed by atoms with E-state index in [1.54, 1.807) is 4.90 Å². The third-order valence-corrected chi connectivity index (χ3v) is 5.76. The molecular formula is C16H22N4O3S. The van der Waals surface area contributed by atoms with E-state index in [2.05, 4.69) is 5.32 Å². The maximum Gasteiger partial charge on any atom is 0.322 e. The van der Waals surface area contributed by atoms with Gasteiger partial charge in [-0.05, 0) is 25.1 Å². The lowest BCUT2D eigenvalue weighted by Crippen LogP contribution is -2.56. The van der Waals surface area contributed by atoms with Crippen LogP contribution in [0.4, 0.5) is 10.5 Å². The molecule has 2 amide bonds. The average Bonchev–Trinajstić information content (AvgIpc) is 2.89. The second-order valence-corrected chi connectivity index (χ2v) is 8.24. The fourth-order valence-electron chi connectivity index (χ4n) is 3.13. The molecule has 0 bridgehead atoms. The molecule has 1 aliphatic heterocycles. The Morgan fingerprint density at radius 3 is 2.67 bits per heavy atom. The van der Waals surface area contributed by atoms with Crippen LogP contribution < -0.4 is 5.32 Å². The molecule has 130 valence electrons. The van der Waals surface area contributed by atoms with Crippen molar-refractivity contribution >= 4 is 32.6 Å². The first kappa shape index (κ1) is 16.8. The van der Waals surface area contributed by atoms with Gasteiger partial charge in [0.1, 0.15) is 0 Å². The number of hydrogen-bond acceptors (Lipinski definition) is 3. The summed E-state index contributed by atoms with van der Waals surface area (Å²) >= 11 is 0. The number of nitrogens with one attached hydrogen (secondary N) is 1. The number of carbonyl (C=O) groups is 1. The first-order valence-corrected chi connectivity index (χ1v) is 9.69. The fraction of sp³-hybridized carbons (Fsp3) is 0.438. The lowest BCUT2D eigenvalue weighted by Gasteiger charge is -2.38. The molecule has 1 unspecified atom stereocenters. The van der Waals surface area contributed by atoms with Crippen LogP contribution in [0.15, 0.2) is 30.5 Å². The fourth-order valence-corrected chi connectivity index (χ4v) is 4.03. The third-order valence-electron chi connectivity index (χ3n) is 4.49. The van der Waals surface area contributed by atoms with Gasteiger partial charge in [-0.15, -0.1) is 0 Å². The van der Waals surface area contributed by atoms with Crippen molar-refractivity contribution in [1.82, 2.24) is 13.8 Å². The Morgan fingerprint density at radius 2 is 2.00 bits per heavy atom. The Morgan fingerprint density at radius 1 is 1.25 bits per heavy atom. The van der Waals surface area contributed by atoms with Gasteiger partial charge in [0.15, 0.2) is 0 Å². The number of rotatable bonds is 2. The lowest BCUT2D eigenvalue weighted by atomic mass is 10.2. The van der Waals surface area contributed by atoms with Crippen LogP contribution in [0.5, 0.6) is 0 Å². The highest BCUT2D eigenvalue weighted by Crippen LogP contribution is 2.24. The van der Waals surface area contributed by atoms with Gasteiger partial charge in [0.25, 0.3) is 0 Å². The minimum atomic E-state index is -3.22. The molecule has 1 aromatic heterocycles. The van der Waals surface area contributed by atoms with Crippen molar-refractivity contribution in [3.05, 3.63) is 30.5 Å². The number of anilines is 1. The summed E-state index contributed by atoms with van der Waals surface area (Å²) in [5, 5.41) is 3.94. The minimum Gasteiger partial charge on any atom is -0.350 e. The van der Waals surface area contributed by atoms with Gasteiger partial charge in [-0.2, -0.15) is 4.31 Å². The second-order valence-electron chi connectivity index (χ2n) is 6.26. The number of nitrogens with zero attached hydrogens (tertiary/aromatic N) is 3. The highest BCUT2D eigenvalue weighted by molar-refractivity contribution is 7.88. The van der Waals surface area contributed by atoms with Crippen molar-refractivity contribution in [3.63, 3.8) is 0 Å².